The molecule has 2 aromatic carbocycles. The maximum atomic E-state index is 13.3. The minimum Gasteiger partial charge on any atom is -0.343 e. The van der Waals surface area contributed by atoms with Gasteiger partial charge in [0.25, 0.3) is 5.91 Å². The molecule has 1 atom stereocenters. The van der Waals surface area contributed by atoms with Crippen molar-refractivity contribution >= 4 is 35.0 Å². The van der Waals surface area contributed by atoms with Crippen LogP contribution in [0.1, 0.15) is 27.8 Å². The van der Waals surface area contributed by atoms with Crippen molar-refractivity contribution in [3.63, 3.8) is 0 Å². The van der Waals surface area contributed by atoms with Crippen LogP contribution in [0.4, 0.5) is 4.39 Å². The molecule has 0 radical (unpaired) electrons. The molecule has 1 unspecified atom stereocenters. The van der Waals surface area contributed by atoms with E-state index in [-0.39, 0.29) is 22.9 Å². The van der Waals surface area contributed by atoms with Gasteiger partial charge in [-0.3, -0.25) is 9.59 Å². The molecule has 6 nitrogen and oxygen atoms in total. The first-order chi connectivity index (χ1) is 13.8. The van der Waals surface area contributed by atoms with Crippen LogP contribution < -0.4 is 10.6 Å². The van der Waals surface area contributed by atoms with Gasteiger partial charge in [0.2, 0.25) is 5.91 Å². The van der Waals surface area contributed by atoms with Crippen molar-refractivity contribution in [2.75, 3.05) is 6.54 Å². The summed E-state index contributed by atoms with van der Waals surface area (Å²) in [5.41, 5.74) is 0.941. The van der Waals surface area contributed by atoms with E-state index in [9.17, 15) is 14.0 Å². The van der Waals surface area contributed by atoms with Crippen LogP contribution in [-0.4, -0.2) is 27.9 Å². The molecule has 0 aliphatic rings. The second-order valence-electron chi connectivity index (χ2n) is 6.26. The van der Waals surface area contributed by atoms with Crippen molar-refractivity contribution in [2.24, 2.45) is 7.05 Å². The lowest BCUT2D eigenvalue weighted by Crippen LogP contribution is -2.39. The quantitative estimate of drug-likeness (QED) is 0.623. The van der Waals surface area contributed by atoms with Crippen LogP contribution in [0, 0.1) is 5.82 Å². The fourth-order valence-corrected chi connectivity index (χ4v) is 3.02. The molecule has 0 aliphatic carbocycles. The average molecular weight is 435 g/mol. The van der Waals surface area contributed by atoms with Crippen LogP contribution in [-0.2, 0) is 11.8 Å². The Hall–Kier alpha value is -2.90. The summed E-state index contributed by atoms with van der Waals surface area (Å²) in [4.78, 5) is 29.0. The highest BCUT2D eigenvalue weighted by atomic mass is 35.5. The van der Waals surface area contributed by atoms with E-state index in [0.717, 1.165) is 0 Å². The minimum atomic E-state index is -0.607. The normalized spacial score (nSPS) is 11.7. The average Bonchev–Trinajstić information content (AvgIpc) is 3.12. The molecule has 1 aromatic heterocycles. The van der Waals surface area contributed by atoms with Crippen LogP contribution in [0.2, 0.25) is 10.0 Å². The van der Waals surface area contributed by atoms with Crippen molar-refractivity contribution in [2.45, 2.75) is 6.04 Å². The van der Waals surface area contributed by atoms with Crippen LogP contribution in [0.3, 0.4) is 0 Å². The molecule has 150 valence electrons. The fraction of sp³-hybridized carbons (Fsp3) is 0.150. The number of halogens is 3. The zero-order valence-corrected chi connectivity index (χ0v) is 16.8. The Morgan fingerprint density at radius 2 is 1.86 bits per heavy atom. The topological polar surface area (TPSA) is 76.0 Å². The Bertz CT molecular complexity index is 1040. The number of hydrogen-bond acceptors (Lipinski definition) is 3. The summed E-state index contributed by atoms with van der Waals surface area (Å²) in [5.74, 6) is -0.710. The number of amides is 2. The molecular formula is C20H17Cl2FN4O2. The van der Waals surface area contributed by atoms with E-state index in [1.807, 2.05) is 0 Å². The number of aromatic nitrogens is 2. The summed E-state index contributed by atoms with van der Waals surface area (Å²) < 4.78 is 15.0. The number of benzene rings is 2. The van der Waals surface area contributed by atoms with Crippen LogP contribution in [0.15, 0.2) is 54.9 Å². The van der Waals surface area contributed by atoms with Gasteiger partial charge in [-0.1, -0.05) is 35.3 Å². The Morgan fingerprint density at radius 3 is 2.48 bits per heavy atom. The van der Waals surface area contributed by atoms with Crippen LogP contribution in [0.5, 0.6) is 0 Å². The summed E-state index contributed by atoms with van der Waals surface area (Å²) in [6, 6.07) is 9.59. The van der Waals surface area contributed by atoms with Crippen LogP contribution >= 0.6 is 23.2 Å². The van der Waals surface area contributed by atoms with Crippen molar-refractivity contribution in [1.29, 1.82) is 0 Å². The molecule has 0 fully saturated rings. The molecule has 3 aromatic rings. The van der Waals surface area contributed by atoms with Gasteiger partial charge in [-0.15, -0.1) is 0 Å². The highest BCUT2D eigenvalue weighted by molar-refractivity contribution is 6.42. The van der Waals surface area contributed by atoms with E-state index in [1.54, 1.807) is 36.1 Å². The second-order valence-corrected chi connectivity index (χ2v) is 7.07. The highest BCUT2D eigenvalue weighted by Crippen LogP contribution is 2.23. The number of carbonyl (C=O) groups is 2. The summed E-state index contributed by atoms with van der Waals surface area (Å²) in [7, 11) is 1.79. The largest absolute Gasteiger partial charge is 0.343 e. The number of rotatable bonds is 6. The molecule has 1 heterocycles. The first-order valence-electron chi connectivity index (χ1n) is 8.60. The Kier molecular flexibility index (Phi) is 6.51. The van der Waals surface area contributed by atoms with Gasteiger partial charge in [-0.25, -0.2) is 9.37 Å². The van der Waals surface area contributed by atoms with Gasteiger partial charge >= 0.3 is 0 Å². The minimum absolute atomic E-state index is 0.245. The lowest BCUT2D eigenvalue weighted by molar-refractivity contribution is -0.120. The Morgan fingerprint density at radius 1 is 1.14 bits per heavy atom. The third kappa shape index (κ3) is 5.13. The van der Waals surface area contributed by atoms with Crippen molar-refractivity contribution < 1.29 is 14.0 Å². The fourth-order valence-electron chi connectivity index (χ4n) is 2.72. The molecule has 2 amide bonds. The standard InChI is InChI=1S/C20H17Cl2FN4O2/c1-27-9-8-24-19(27)18(12-2-5-14(23)6-3-12)26-17(28)11-25-20(29)13-4-7-15(21)16(22)10-13/h2-10,18H,11H2,1H3,(H,25,29)(H,26,28). The van der Waals surface area contributed by atoms with E-state index in [2.05, 4.69) is 15.6 Å². The molecule has 0 spiro atoms. The number of nitrogens with one attached hydrogen (secondary N) is 2. The SMILES string of the molecule is Cn1ccnc1C(NC(=O)CNC(=O)c1ccc(Cl)c(Cl)c1)c1ccc(F)cc1. The van der Waals surface area contributed by atoms with Gasteiger partial charge < -0.3 is 15.2 Å². The van der Waals surface area contributed by atoms with Crippen LogP contribution in [0.25, 0.3) is 0 Å². The molecule has 2 N–H and O–H groups in total. The third-order valence-corrected chi connectivity index (χ3v) is 4.96. The Labute approximate surface area is 176 Å². The summed E-state index contributed by atoms with van der Waals surface area (Å²) in [6.07, 6.45) is 3.34. The van der Waals surface area contributed by atoms with Gasteiger partial charge in [0.05, 0.1) is 16.6 Å². The van der Waals surface area contributed by atoms with E-state index in [0.29, 0.717) is 16.4 Å². The number of nitrogens with zero attached hydrogens (tertiary/aromatic N) is 2. The predicted octanol–water partition coefficient (Wildman–Crippen LogP) is 3.50. The van der Waals surface area contributed by atoms with Gasteiger partial charge in [0.1, 0.15) is 17.7 Å². The smallest absolute Gasteiger partial charge is 0.251 e. The van der Waals surface area contributed by atoms with Gasteiger partial charge in [-0.2, -0.15) is 0 Å². The highest BCUT2D eigenvalue weighted by Gasteiger charge is 2.21. The van der Waals surface area contributed by atoms with Gasteiger partial charge in [0, 0.05) is 25.0 Å². The molecule has 0 saturated carbocycles. The second kappa shape index (κ2) is 9.07. The monoisotopic (exact) mass is 434 g/mol. The van der Waals surface area contributed by atoms with E-state index in [1.165, 1.54) is 30.3 Å². The predicted molar refractivity (Wildman–Crippen MR) is 108 cm³/mol. The molecule has 9 heteroatoms. The van der Waals surface area contributed by atoms with E-state index < -0.39 is 17.9 Å². The molecule has 29 heavy (non-hydrogen) atoms. The first-order valence-corrected chi connectivity index (χ1v) is 9.36. The van der Waals surface area contributed by atoms with Crippen molar-refractivity contribution in [3.8, 4) is 0 Å². The van der Waals surface area contributed by atoms with Crippen molar-refractivity contribution in [3.05, 3.63) is 87.7 Å². The molecule has 3 rings (SSSR count). The lowest BCUT2D eigenvalue weighted by atomic mass is 10.1. The summed E-state index contributed by atoms with van der Waals surface area (Å²) in [6.45, 7) is -0.263. The number of hydrogen-bond donors (Lipinski definition) is 2. The zero-order chi connectivity index (χ0) is 21.0. The van der Waals surface area contributed by atoms with Crippen molar-refractivity contribution in [1.82, 2.24) is 20.2 Å². The maximum absolute atomic E-state index is 13.3. The maximum Gasteiger partial charge on any atom is 0.251 e. The lowest BCUT2D eigenvalue weighted by Gasteiger charge is -2.19. The number of imidazole rings is 1. The molecule has 0 bridgehead atoms. The summed E-state index contributed by atoms with van der Waals surface area (Å²) in [5, 5.41) is 5.92. The third-order valence-electron chi connectivity index (χ3n) is 4.22. The Balaban J connectivity index is 1.70. The number of aryl methyl sites for hydroxylation is 1. The van der Waals surface area contributed by atoms with Gasteiger partial charge in [-0.05, 0) is 35.9 Å². The molecule has 0 saturated heterocycles. The number of carbonyl (C=O) groups excluding carboxylic acids is 2. The molecule has 0 aliphatic heterocycles. The van der Waals surface area contributed by atoms with Gasteiger partial charge in [0.15, 0.2) is 0 Å². The first kappa shape index (κ1) is 20.8. The zero-order valence-electron chi connectivity index (χ0n) is 15.3. The van der Waals surface area contributed by atoms with E-state index in [4.69, 9.17) is 23.2 Å². The summed E-state index contributed by atoms with van der Waals surface area (Å²) >= 11 is 11.8. The van der Waals surface area contributed by atoms with E-state index >= 15 is 0 Å². The molecular weight excluding hydrogens is 418 g/mol.